The number of aromatic nitrogens is 2. The maximum absolute atomic E-state index is 6.22. The van der Waals surface area contributed by atoms with E-state index in [1.165, 1.54) is 0 Å². The molecule has 0 fully saturated rings. The third-order valence-corrected chi connectivity index (χ3v) is 4.40. The minimum atomic E-state index is -1.75. The van der Waals surface area contributed by atoms with Crippen molar-refractivity contribution in [3.05, 3.63) is 83.9 Å². The number of aryl methyl sites for hydroxylation is 1. The van der Waals surface area contributed by atoms with Crippen molar-refractivity contribution < 1.29 is 4.43 Å². The lowest BCUT2D eigenvalue weighted by molar-refractivity contribution is 0.559. The highest BCUT2D eigenvalue weighted by Crippen LogP contribution is 2.30. The van der Waals surface area contributed by atoms with Gasteiger partial charge in [-0.15, -0.1) is 0 Å². The Morgan fingerprint density at radius 3 is 2.31 bits per heavy atom. The van der Waals surface area contributed by atoms with Crippen LogP contribution in [0.5, 0.6) is 5.75 Å². The molecule has 26 heavy (non-hydrogen) atoms. The number of nitrogens with zero attached hydrogens (tertiary/aromatic N) is 3. The van der Waals surface area contributed by atoms with E-state index in [-0.39, 0.29) is 0 Å². The second-order valence-corrected chi connectivity index (χ2v) is 11.5. The van der Waals surface area contributed by atoms with Gasteiger partial charge >= 0.3 is 0 Å². The first kappa shape index (κ1) is 18.0. The predicted molar refractivity (Wildman–Crippen MR) is 109 cm³/mol. The van der Waals surface area contributed by atoms with Gasteiger partial charge in [-0.3, -0.25) is 0 Å². The van der Waals surface area contributed by atoms with Crippen LogP contribution in [0.15, 0.2) is 71.9 Å². The van der Waals surface area contributed by atoms with Gasteiger partial charge in [-0.05, 0) is 44.8 Å². The van der Waals surface area contributed by atoms with Crippen LogP contribution in [0.1, 0.15) is 17.1 Å². The summed E-state index contributed by atoms with van der Waals surface area (Å²) in [6.07, 6.45) is 1.76. The van der Waals surface area contributed by atoms with Crippen LogP contribution in [0.2, 0.25) is 19.6 Å². The summed E-state index contributed by atoms with van der Waals surface area (Å²) in [5, 5.41) is 0. The molecular formula is C21H23N3OSi. The van der Waals surface area contributed by atoms with Gasteiger partial charge in [0, 0.05) is 17.5 Å². The zero-order chi connectivity index (χ0) is 18.6. The number of benzene rings is 2. The Bertz CT molecular complexity index is 918. The van der Waals surface area contributed by atoms with Crippen molar-refractivity contribution in [2.75, 3.05) is 0 Å². The van der Waals surface area contributed by atoms with E-state index in [1.807, 2.05) is 67.6 Å². The standard InChI is InChI=1S/C21H23N3OSi/c1-16-14-15-22-21(23-16)20(17-10-6-5-7-11-17)24-18-12-8-9-13-19(18)25-26(2,3)4/h5-15H,1-4H3. The van der Waals surface area contributed by atoms with Gasteiger partial charge in [-0.25, -0.2) is 15.0 Å². The molecule has 132 valence electrons. The van der Waals surface area contributed by atoms with Crippen molar-refractivity contribution in [2.45, 2.75) is 26.6 Å². The number of hydrogen-bond donors (Lipinski definition) is 0. The molecule has 1 aromatic heterocycles. The fraction of sp³-hybridized carbons (Fsp3) is 0.190. The number of rotatable bonds is 5. The average molecular weight is 362 g/mol. The summed E-state index contributed by atoms with van der Waals surface area (Å²) < 4.78 is 6.22. The molecule has 0 unspecified atom stereocenters. The molecule has 0 bridgehead atoms. The minimum Gasteiger partial charge on any atom is -0.543 e. The van der Waals surface area contributed by atoms with Crippen LogP contribution in [-0.4, -0.2) is 24.0 Å². The summed E-state index contributed by atoms with van der Waals surface area (Å²) in [6.45, 7) is 8.44. The van der Waals surface area contributed by atoms with Crippen LogP contribution in [0.4, 0.5) is 5.69 Å². The highest BCUT2D eigenvalue weighted by Gasteiger charge is 2.19. The molecule has 0 aliphatic heterocycles. The van der Waals surface area contributed by atoms with Crippen molar-refractivity contribution in [1.82, 2.24) is 9.97 Å². The van der Waals surface area contributed by atoms with Crippen LogP contribution < -0.4 is 4.43 Å². The Balaban J connectivity index is 2.14. The summed E-state index contributed by atoms with van der Waals surface area (Å²) >= 11 is 0. The van der Waals surface area contributed by atoms with E-state index in [9.17, 15) is 0 Å². The van der Waals surface area contributed by atoms with Gasteiger partial charge in [-0.1, -0.05) is 42.5 Å². The second-order valence-electron chi connectivity index (χ2n) is 7.03. The molecule has 0 saturated heterocycles. The lowest BCUT2D eigenvalue weighted by Gasteiger charge is -2.20. The molecular weight excluding hydrogens is 338 g/mol. The average Bonchev–Trinajstić information content (AvgIpc) is 2.60. The maximum atomic E-state index is 6.22. The fourth-order valence-electron chi connectivity index (χ4n) is 2.49. The molecule has 0 saturated carbocycles. The Hall–Kier alpha value is -2.79. The third kappa shape index (κ3) is 4.64. The monoisotopic (exact) mass is 361 g/mol. The van der Waals surface area contributed by atoms with Crippen LogP contribution in [-0.2, 0) is 0 Å². The van der Waals surface area contributed by atoms with E-state index in [2.05, 4.69) is 29.6 Å². The van der Waals surface area contributed by atoms with Gasteiger partial charge in [-0.2, -0.15) is 0 Å². The Morgan fingerprint density at radius 2 is 1.62 bits per heavy atom. The van der Waals surface area contributed by atoms with Gasteiger partial charge in [0.05, 0.1) is 0 Å². The Labute approximate surface area is 155 Å². The fourth-order valence-corrected chi connectivity index (χ4v) is 3.32. The van der Waals surface area contributed by atoms with Gasteiger partial charge in [0.1, 0.15) is 17.1 Å². The zero-order valence-electron chi connectivity index (χ0n) is 15.6. The van der Waals surface area contributed by atoms with Crippen molar-refractivity contribution >= 4 is 19.7 Å². The molecule has 3 aromatic rings. The normalized spacial score (nSPS) is 12.1. The van der Waals surface area contributed by atoms with Crippen molar-refractivity contribution in [2.24, 2.45) is 4.99 Å². The van der Waals surface area contributed by atoms with E-state index in [4.69, 9.17) is 9.42 Å². The predicted octanol–water partition coefficient (Wildman–Crippen LogP) is 5.17. The molecule has 1 heterocycles. The Morgan fingerprint density at radius 1 is 0.923 bits per heavy atom. The zero-order valence-corrected chi connectivity index (χ0v) is 16.6. The van der Waals surface area contributed by atoms with Crippen molar-refractivity contribution in [1.29, 1.82) is 0 Å². The van der Waals surface area contributed by atoms with E-state index in [0.29, 0.717) is 5.82 Å². The first-order valence-corrected chi connectivity index (χ1v) is 12.1. The highest BCUT2D eigenvalue weighted by atomic mass is 28.4. The number of aliphatic imine (C=N–C) groups is 1. The molecule has 0 aliphatic carbocycles. The van der Waals surface area contributed by atoms with Gasteiger partial charge in [0.15, 0.2) is 5.82 Å². The molecule has 0 N–H and O–H groups in total. The molecule has 2 aromatic carbocycles. The van der Waals surface area contributed by atoms with E-state index >= 15 is 0 Å². The molecule has 0 spiro atoms. The van der Waals surface area contributed by atoms with E-state index in [1.54, 1.807) is 6.20 Å². The summed E-state index contributed by atoms with van der Waals surface area (Å²) in [6, 6.07) is 19.8. The highest BCUT2D eigenvalue weighted by molar-refractivity contribution is 6.70. The number of hydrogen-bond acceptors (Lipinski definition) is 4. The van der Waals surface area contributed by atoms with Crippen LogP contribution in [0, 0.1) is 6.92 Å². The van der Waals surface area contributed by atoms with Gasteiger partial charge < -0.3 is 4.43 Å². The molecule has 0 radical (unpaired) electrons. The molecule has 0 atom stereocenters. The molecule has 4 nitrogen and oxygen atoms in total. The first-order chi connectivity index (χ1) is 12.4. The smallest absolute Gasteiger partial charge is 0.242 e. The summed E-state index contributed by atoms with van der Waals surface area (Å²) in [4.78, 5) is 13.9. The molecule has 3 rings (SSSR count). The lowest BCUT2D eigenvalue weighted by atomic mass is 10.1. The van der Waals surface area contributed by atoms with E-state index < -0.39 is 8.32 Å². The first-order valence-electron chi connectivity index (χ1n) is 8.64. The topological polar surface area (TPSA) is 47.4 Å². The van der Waals surface area contributed by atoms with Crippen LogP contribution in [0.25, 0.3) is 0 Å². The largest absolute Gasteiger partial charge is 0.543 e. The van der Waals surface area contributed by atoms with Gasteiger partial charge in [0.25, 0.3) is 0 Å². The maximum Gasteiger partial charge on any atom is 0.242 e. The SMILES string of the molecule is Cc1ccnc(C(=Nc2ccccc2O[Si](C)(C)C)c2ccccc2)n1. The molecule has 0 aliphatic rings. The van der Waals surface area contributed by atoms with Crippen molar-refractivity contribution in [3.8, 4) is 5.75 Å². The van der Waals surface area contributed by atoms with E-state index in [0.717, 1.165) is 28.4 Å². The van der Waals surface area contributed by atoms with Crippen LogP contribution in [0.3, 0.4) is 0 Å². The van der Waals surface area contributed by atoms with Gasteiger partial charge in [0.2, 0.25) is 8.32 Å². The second kappa shape index (κ2) is 7.62. The summed E-state index contributed by atoms with van der Waals surface area (Å²) in [5.41, 5.74) is 3.41. The summed E-state index contributed by atoms with van der Waals surface area (Å²) in [7, 11) is -1.75. The Kier molecular flexibility index (Phi) is 5.28. The molecule has 5 heteroatoms. The van der Waals surface area contributed by atoms with Crippen LogP contribution >= 0.6 is 0 Å². The minimum absolute atomic E-state index is 0.610. The third-order valence-electron chi connectivity index (χ3n) is 3.57. The summed E-state index contributed by atoms with van der Waals surface area (Å²) in [5.74, 6) is 1.41. The molecule has 0 amide bonds. The van der Waals surface area contributed by atoms with Crippen molar-refractivity contribution in [3.63, 3.8) is 0 Å². The number of para-hydroxylation sites is 2. The quantitative estimate of drug-likeness (QED) is 0.465. The lowest BCUT2D eigenvalue weighted by Crippen LogP contribution is -2.29.